The lowest BCUT2D eigenvalue weighted by Gasteiger charge is -2.16. The lowest BCUT2D eigenvalue weighted by atomic mass is 9.89. The predicted molar refractivity (Wildman–Crippen MR) is 148 cm³/mol. The molecule has 0 aliphatic carbocycles. The molecule has 7 heteroatoms. The highest BCUT2D eigenvalue weighted by Gasteiger charge is 2.20. The summed E-state index contributed by atoms with van der Waals surface area (Å²) in [6, 6.07) is 13.3. The van der Waals surface area contributed by atoms with E-state index >= 15 is 0 Å². The van der Waals surface area contributed by atoms with Crippen LogP contribution >= 0.6 is 11.6 Å². The minimum atomic E-state index is -0.612. The van der Waals surface area contributed by atoms with Crippen LogP contribution < -0.4 is 4.74 Å². The molecular formula is C30H39ClN2O4. The van der Waals surface area contributed by atoms with E-state index < -0.39 is 6.10 Å². The maximum atomic E-state index is 13.0. The van der Waals surface area contributed by atoms with E-state index in [0.29, 0.717) is 41.4 Å². The topological polar surface area (TPSA) is 84.6 Å². The minimum Gasteiger partial charge on any atom is -0.489 e. The van der Waals surface area contributed by atoms with Crippen LogP contribution in [0.2, 0.25) is 5.02 Å². The van der Waals surface area contributed by atoms with Crippen LogP contribution in [0.25, 0.3) is 11.3 Å². The molecule has 3 aromatic rings. The van der Waals surface area contributed by atoms with Gasteiger partial charge in [0.25, 0.3) is 0 Å². The maximum absolute atomic E-state index is 13.0. The third-order valence-electron chi connectivity index (χ3n) is 6.45. The Kier molecular flexibility index (Phi) is 10.3. The zero-order chi connectivity index (χ0) is 27.1. The Morgan fingerprint density at radius 3 is 2.38 bits per heavy atom. The highest BCUT2D eigenvalue weighted by atomic mass is 35.5. The van der Waals surface area contributed by atoms with Gasteiger partial charge in [-0.2, -0.15) is 0 Å². The van der Waals surface area contributed by atoms with Crippen molar-refractivity contribution in [1.29, 1.82) is 0 Å². The van der Waals surface area contributed by atoms with E-state index in [0.717, 1.165) is 23.4 Å². The summed E-state index contributed by atoms with van der Waals surface area (Å²) in [5, 5.41) is 20.6. The molecule has 2 atom stereocenters. The van der Waals surface area contributed by atoms with Crippen LogP contribution in [0.15, 0.2) is 48.7 Å². The molecule has 0 saturated carbocycles. The number of rotatable bonds is 13. The van der Waals surface area contributed by atoms with Crippen molar-refractivity contribution in [3.63, 3.8) is 0 Å². The molecule has 0 aliphatic rings. The summed E-state index contributed by atoms with van der Waals surface area (Å²) in [6.45, 7) is 10.6. The zero-order valence-electron chi connectivity index (χ0n) is 22.4. The van der Waals surface area contributed by atoms with Crippen molar-refractivity contribution in [2.45, 2.75) is 72.6 Å². The summed E-state index contributed by atoms with van der Waals surface area (Å²) in [7, 11) is 0. The molecular weight excluding hydrogens is 488 g/mol. The molecule has 1 aromatic heterocycles. The molecule has 1 heterocycles. The van der Waals surface area contributed by atoms with Crippen molar-refractivity contribution in [3.05, 3.63) is 70.6 Å². The van der Waals surface area contributed by atoms with E-state index in [1.54, 1.807) is 18.2 Å². The quantitative estimate of drug-likeness (QED) is 0.248. The number of benzene rings is 2. The molecule has 2 N–H and O–H groups in total. The van der Waals surface area contributed by atoms with Gasteiger partial charge in [0, 0.05) is 36.9 Å². The fourth-order valence-corrected chi connectivity index (χ4v) is 4.59. The van der Waals surface area contributed by atoms with Crippen LogP contribution in [0.4, 0.5) is 0 Å². The number of aromatic nitrogens is 2. The molecule has 6 nitrogen and oxygen atoms in total. The third-order valence-corrected chi connectivity index (χ3v) is 6.74. The monoisotopic (exact) mass is 526 g/mol. The van der Waals surface area contributed by atoms with Crippen molar-refractivity contribution in [3.8, 4) is 17.0 Å². The van der Waals surface area contributed by atoms with Gasteiger partial charge in [-0.3, -0.25) is 4.79 Å². The molecule has 0 fully saturated rings. The van der Waals surface area contributed by atoms with Crippen LogP contribution in [0.5, 0.6) is 5.75 Å². The Balaban J connectivity index is 1.70. The standard InChI is InChI=1S/C30H39ClN2O4/c1-6-33-18-26(32-30(33)29(36)19(2)3)23-9-7-21(8-10-23)15-22(13-14-34)16-27(35)24-11-12-28(25(31)17-24)37-20(4)5/h7-12,17-20,22,29,34,36H,6,13-16H2,1-5H3/t22-,29?/m1/s1. The van der Waals surface area contributed by atoms with Crippen LogP contribution in [0.1, 0.15) is 75.3 Å². The Labute approximate surface area is 225 Å². The van der Waals surface area contributed by atoms with Crippen LogP contribution in [0.3, 0.4) is 0 Å². The molecule has 2 aromatic carbocycles. The smallest absolute Gasteiger partial charge is 0.163 e. The molecule has 0 spiro atoms. The minimum absolute atomic E-state index is 0.000748. The number of carbonyl (C=O) groups is 1. The van der Waals surface area contributed by atoms with Gasteiger partial charge in [-0.1, -0.05) is 49.7 Å². The van der Waals surface area contributed by atoms with E-state index in [4.69, 9.17) is 21.3 Å². The first kappa shape index (κ1) is 28.9. The Bertz CT molecular complexity index is 1170. The number of Topliss-reactive ketones (excluding diaryl/α,β-unsaturated/α-hetero) is 1. The molecule has 0 bridgehead atoms. The highest BCUT2D eigenvalue weighted by Crippen LogP contribution is 2.29. The van der Waals surface area contributed by atoms with Crippen LogP contribution in [-0.2, 0) is 13.0 Å². The Morgan fingerprint density at radius 2 is 1.81 bits per heavy atom. The number of hydrogen-bond donors (Lipinski definition) is 2. The molecule has 200 valence electrons. The van der Waals surface area contributed by atoms with Gasteiger partial charge >= 0.3 is 0 Å². The largest absolute Gasteiger partial charge is 0.489 e. The molecule has 0 amide bonds. The van der Waals surface area contributed by atoms with Crippen molar-refractivity contribution in [2.24, 2.45) is 11.8 Å². The van der Waals surface area contributed by atoms with Gasteiger partial charge in [-0.25, -0.2) is 4.98 Å². The lowest BCUT2D eigenvalue weighted by Crippen LogP contribution is -2.13. The number of ether oxygens (including phenoxy) is 1. The Hall–Kier alpha value is -2.67. The summed E-state index contributed by atoms with van der Waals surface area (Å²) in [6.07, 6.45) is 2.89. The van der Waals surface area contributed by atoms with E-state index in [1.165, 1.54) is 0 Å². The van der Waals surface area contributed by atoms with Crippen molar-refractivity contribution in [1.82, 2.24) is 9.55 Å². The predicted octanol–water partition coefficient (Wildman–Crippen LogP) is 6.51. The van der Waals surface area contributed by atoms with Gasteiger partial charge in [-0.05, 0) is 69.2 Å². The molecule has 3 rings (SSSR count). The number of aryl methyl sites for hydroxylation is 1. The van der Waals surface area contributed by atoms with Gasteiger partial charge in [0.05, 0.1) is 16.8 Å². The maximum Gasteiger partial charge on any atom is 0.163 e. The summed E-state index contributed by atoms with van der Waals surface area (Å²) in [5.41, 5.74) is 3.43. The Morgan fingerprint density at radius 1 is 1.11 bits per heavy atom. The van der Waals surface area contributed by atoms with E-state index in [9.17, 15) is 15.0 Å². The van der Waals surface area contributed by atoms with E-state index in [-0.39, 0.29) is 30.3 Å². The summed E-state index contributed by atoms with van der Waals surface area (Å²) < 4.78 is 7.65. The average Bonchev–Trinajstić information content (AvgIpc) is 3.29. The number of ketones is 1. The summed E-state index contributed by atoms with van der Waals surface area (Å²) in [4.78, 5) is 17.7. The lowest BCUT2D eigenvalue weighted by molar-refractivity contribution is 0.0953. The SMILES string of the molecule is CCn1cc(-c2ccc(C[C@@H](CCO)CC(=O)c3ccc(OC(C)C)c(Cl)c3)cc2)nc1C(O)C(C)C. The fourth-order valence-electron chi connectivity index (χ4n) is 4.36. The van der Waals surface area contributed by atoms with Gasteiger partial charge in [0.1, 0.15) is 17.7 Å². The second-order valence-electron chi connectivity index (χ2n) is 10.2. The normalized spacial score (nSPS) is 13.2. The van der Waals surface area contributed by atoms with Gasteiger partial charge < -0.3 is 19.5 Å². The number of halogens is 1. The fraction of sp³-hybridized carbons (Fsp3) is 0.467. The molecule has 0 saturated heterocycles. The summed E-state index contributed by atoms with van der Waals surface area (Å²) in [5.74, 6) is 1.32. The first-order valence-corrected chi connectivity index (χ1v) is 13.4. The number of imidazole rings is 1. The third kappa shape index (κ3) is 7.67. The first-order valence-electron chi connectivity index (χ1n) is 13.1. The van der Waals surface area contributed by atoms with Gasteiger partial charge in [0.15, 0.2) is 5.78 Å². The number of hydrogen-bond acceptors (Lipinski definition) is 5. The van der Waals surface area contributed by atoms with Crippen molar-refractivity contribution in [2.75, 3.05) is 6.61 Å². The second-order valence-corrected chi connectivity index (χ2v) is 10.6. The van der Waals surface area contributed by atoms with E-state index in [1.807, 2.05) is 69.6 Å². The molecule has 0 aliphatic heterocycles. The molecule has 37 heavy (non-hydrogen) atoms. The number of nitrogens with zero attached hydrogens (tertiary/aromatic N) is 2. The second kappa shape index (κ2) is 13.2. The van der Waals surface area contributed by atoms with Crippen molar-refractivity contribution < 1.29 is 19.7 Å². The average molecular weight is 527 g/mol. The molecule has 0 radical (unpaired) electrons. The zero-order valence-corrected chi connectivity index (χ0v) is 23.2. The highest BCUT2D eigenvalue weighted by molar-refractivity contribution is 6.32. The van der Waals surface area contributed by atoms with Crippen LogP contribution in [-0.4, -0.2) is 38.3 Å². The number of carbonyl (C=O) groups excluding carboxylic acids is 1. The van der Waals surface area contributed by atoms with Crippen molar-refractivity contribution >= 4 is 17.4 Å². The summed E-state index contributed by atoms with van der Waals surface area (Å²) >= 11 is 6.33. The van der Waals surface area contributed by atoms with E-state index in [2.05, 4.69) is 0 Å². The molecule has 1 unspecified atom stereocenters. The van der Waals surface area contributed by atoms with Gasteiger partial charge in [0.2, 0.25) is 0 Å². The first-order chi connectivity index (χ1) is 17.6. The number of aliphatic hydroxyl groups is 2. The number of aliphatic hydroxyl groups excluding tert-OH is 2. The van der Waals surface area contributed by atoms with Crippen LogP contribution in [0, 0.1) is 11.8 Å². The van der Waals surface area contributed by atoms with Gasteiger partial charge in [-0.15, -0.1) is 0 Å².